The zero-order valence-electron chi connectivity index (χ0n) is 23.6. The molecule has 11 heteroatoms. The summed E-state index contributed by atoms with van der Waals surface area (Å²) in [5.74, 6) is -0.215. The highest BCUT2D eigenvalue weighted by atomic mass is 16.5. The summed E-state index contributed by atoms with van der Waals surface area (Å²) in [7, 11) is 0. The van der Waals surface area contributed by atoms with Crippen LogP contribution in [-0.4, -0.2) is 62.0 Å². The van der Waals surface area contributed by atoms with Gasteiger partial charge in [-0.05, 0) is 81.2 Å². The number of carbonyl (C=O) groups is 4. The number of fused-ring (bicyclic) bond motifs is 1. The second kappa shape index (κ2) is 10.0. The van der Waals surface area contributed by atoms with Gasteiger partial charge < -0.3 is 10.1 Å². The minimum Gasteiger partial charge on any atom is -0.488 e. The number of anilines is 1. The van der Waals surface area contributed by atoms with Crippen LogP contribution >= 0.6 is 0 Å². The van der Waals surface area contributed by atoms with Crippen molar-refractivity contribution in [2.75, 3.05) is 11.9 Å². The van der Waals surface area contributed by atoms with Crippen LogP contribution in [0, 0.1) is 5.92 Å². The quantitative estimate of drug-likeness (QED) is 0.365. The number of imide groups is 2. The summed E-state index contributed by atoms with van der Waals surface area (Å²) in [6.07, 6.45) is 11.0. The molecule has 220 valence electrons. The molecule has 1 atom stereocenters. The average Bonchev–Trinajstić information content (AvgIpc) is 3.92. The molecule has 3 aliphatic carbocycles. The molecule has 0 radical (unpaired) electrons. The maximum Gasteiger partial charge on any atom is 0.262 e. The molecular formula is C32H32N6O5. The molecular weight excluding hydrogens is 548 g/mol. The molecule has 1 unspecified atom stereocenters. The van der Waals surface area contributed by atoms with E-state index in [1.165, 1.54) is 0 Å². The van der Waals surface area contributed by atoms with Gasteiger partial charge in [0.1, 0.15) is 17.5 Å². The molecule has 2 N–H and O–H groups in total. The number of amides is 4. The van der Waals surface area contributed by atoms with Gasteiger partial charge >= 0.3 is 0 Å². The van der Waals surface area contributed by atoms with Crippen molar-refractivity contribution in [1.29, 1.82) is 0 Å². The second-order valence-electron chi connectivity index (χ2n) is 12.4. The normalized spacial score (nSPS) is 24.9. The van der Waals surface area contributed by atoms with Crippen LogP contribution in [0.25, 0.3) is 11.3 Å². The molecule has 0 spiro atoms. The first-order chi connectivity index (χ1) is 20.9. The van der Waals surface area contributed by atoms with E-state index in [2.05, 4.69) is 21.5 Å². The SMILES string of the molecule is O=C1CCC(N2C(=O)c3ccc(NC[C@H]4C[C@H](n5cc(-c6ncccc6OC6CC6)c(C6CC6)n5)C4)cc3C2=O)C(=O)N1. The lowest BCUT2D eigenvalue weighted by Crippen LogP contribution is -2.54. The summed E-state index contributed by atoms with van der Waals surface area (Å²) in [5.41, 5.74) is 4.42. The van der Waals surface area contributed by atoms with Crippen molar-refractivity contribution < 1.29 is 23.9 Å². The number of aromatic nitrogens is 3. The molecule has 43 heavy (non-hydrogen) atoms. The van der Waals surface area contributed by atoms with E-state index in [9.17, 15) is 19.2 Å². The molecule has 8 rings (SSSR count). The molecule has 1 aromatic carbocycles. The van der Waals surface area contributed by atoms with Gasteiger partial charge in [0.05, 0.1) is 29.0 Å². The predicted octanol–water partition coefficient (Wildman–Crippen LogP) is 3.83. The van der Waals surface area contributed by atoms with E-state index < -0.39 is 23.8 Å². The van der Waals surface area contributed by atoms with E-state index in [1.807, 2.05) is 18.3 Å². The Morgan fingerprint density at radius 1 is 0.953 bits per heavy atom. The van der Waals surface area contributed by atoms with Crippen LogP contribution in [0.15, 0.2) is 42.7 Å². The van der Waals surface area contributed by atoms with E-state index in [0.717, 1.165) is 78.4 Å². The monoisotopic (exact) mass is 580 g/mol. The van der Waals surface area contributed by atoms with Crippen LogP contribution in [0.4, 0.5) is 5.69 Å². The predicted molar refractivity (Wildman–Crippen MR) is 154 cm³/mol. The van der Waals surface area contributed by atoms with Gasteiger partial charge in [-0.2, -0.15) is 5.10 Å². The van der Waals surface area contributed by atoms with Gasteiger partial charge in [-0.25, -0.2) is 0 Å². The maximum absolute atomic E-state index is 13.1. The van der Waals surface area contributed by atoms with Gasteiger partial charge in [0.15, 0.2) is 0 Å². The highest BCUT2D eigenvalue weighted by Crippen LogP contribution is 2.47. The third-order valence-corrected chi connectivity index (χ3v) is 9.19. The zero-order chi connectivity index (χ0) is 29.2. The van der Waals surface area contributed by atoms with E-state index in [1.54, 1.807) is 18.2 Å². The first kappa shape index (κ1) is 26.1. The van der Waals surface area contributed by atoms with Gasteiger partial charge in [-0.1, -0.05) is 0 Å². The number of hydrogen-bond donors (Lipinski definition) is 2. The van der Waals surface area contributed by atoms with E-state index >= 15 is 0 Å². The van der Waals surface area contributed by atoms with Crippen LogP contribution in [0.2, 0.25) is 0 Å². The number of nitrogens with zero attached hydrogens (tertiary/aromatic N) is 4. The number of piperidine rings is 1. The average molecular weight is 581 g/mol. The Hall–Kier alpha value is -4.54. The Balaban J connectivity index is 0.917. The second-order valence-corrected chi connectivity index (χ2v) is 12.4. The lowest BCUT2D eigenvalue weighted by Gasteiger charge is -2.35. The highest BCUT2D eigenvalue weighted by Gasteiger charge is 2.45. The summed E-state index contributed by atoms with van der Waals surface area (Å²) in [4.78, 5) is 55.7. The molecule has 11 nitrogen and oxygen atoms in total. The Morgan fingerprint density at radius 3 is 2.53 bits per heavy atom. The van der Waals surface area contributed by atoms with Gasteiger partial charge in [0, 0.05) is 42.5 Å². The molecule has 3 saturated carbocycles. The zero-order valence-corrected chi connectivity index (χ0v) is 23.6. The molecule has 4 heterocycles. The van der Waals surface area contributed by atoms with Gasteiger partial charge in [-0.15, -0.1) is 0 Å². The van der Waals surface area contributed by atoms with Crippen LogP contribution in [0.5, 0.6) is 5.75 Å². The lowest BCUT2D eigenvalue weighted by molar-refractivity contribution is -0.136. The summed E-state index contributed by atoms with van der Waals surface area (Å²) >= 11 is 0. The largest absolute Gasteiger partial charge is 0.488 e. The fourth-order valence-electron chi connectivity index (χ4n) is 6.41. The Morgan fingerprint density at radius 2 is 1.77 bits per heavy atom. The number of pyridine rings is 1. The standard InChI is InChI=1S/C32H32N6O5/c39-27-10-9-25(30(40)35-27)38-31(41)22-8-5-19(14-23(22)32(38)42)34-15-17-12-20(13-17)37-16-24(28(36-37)18-3-4-18)29-26(2-1-11-33-29)43-21-6-7-21/h1-2,5,8,11,14,16-18,20-21,25,34H,3-4,6-7,9-10,12-13,15H2,(H,35,39,40)/t17-,20-,25?. The fourth-order valence-corrected chi connectivity index (χ4v) is 6.41. The number of ether oxygens (including phenoxy) is 1. The van der Waals surface area contributed by atoms with Crippen LogP contribution in [0.3, 0.4) is 0 Å². The van der Waals surface area contributed by atoms with Crippen molar-refractivity contribution in [3.63, 3.8) is 0 Å². The number of hydrogen-bond acceptors (Lipinski definition) is 8. The molecule has 5 aliphatic rings. The summed E-state index contributed by atoms with van der Waals surface area (Å²) < 4.78 is 8.30. The Bertz CT molecular complexity index is 1670. The third-order valence-electron chi connectivity index (χ3n) is 9.19. The molecule has 4 amide bonds. The lowest BCUT2D eigenvalue weighted by atomic mass is 9.80. The summed E-state index contributed by atoms with van der Waals surface area (Å²) in [5, 5.41) is 10.7. The van der Waals surface area contributed by atoms with Crippen molar-refractivity contribution in [3.8, 4) is 17.0 Å². The van der Waals surface area contributed by atoms with Gasteiger partial charge in [-0.3, -0.25) is 39.1 Å². The third kappa shape index (κ3) is 4.76. The molecule has 0 bridgehead atoms. The van der Waals surface area contributed by atoms with Crippen molar-refractivity contribution in [2.24, 2.45) is 5.92 Å². The van der Waals surface area contributed by atoms with E-state index in [4.69, 9.17) is 14.8 Å². The minimum atomic E-state index is -0.966. The molecule has 4 fully saturated rings. The fraction of sp³-hybridized carbons (Fsp3) is 0.438. The summed E-state index contributed by atoms with van der Waals surface area (Å²) in [6.45, 7) is 0.734. The van der Waals surface area contributed by atoms with Crippen molar-refractivity contribution >= 4 is 29.3 Å². The van der Waals surface area contributed by atoms with E-state index in [0.29, 0.717) is 24.0 Å². The van der Waals surface area contributed by atoms with Crippen LogP contribution in [0.1, 0.15) is 89.7 Å². The molecule has 2 aliphatic heterocycles. The van der Waals surface area contributed by atoms with Crippen LogP contribution in [-0.2, 0) is 9.59 Å². The Kier molecular flexibility index (Phi) is 6.09. The Labute approximate surface area is 248 Å². The number of benzene rings is 1. The smallest absolute Gasteiger partial charge is 0.262 e. The maximum atomic E-state index is 13.1. The number of nitrogens with one attached hydrogen (secondary N) is 2. The van der Waals surface area contributed by atoms with Crippen molar-refractivity contribution in [2.45, 2.75) is 75.5 Å². The molecule has 3 aromatic rings. The number of rotatable bonds is 9. The highest BCUT2D eigenvalue weighted by molar-refractivity contribution is 6.23. The van der Waals surface area contributed by atoms with Crippen molar-refractivity contribution in [3.05, 3.63) is 59.5 Å². The van der Waals surface area contributed by atoms with Crippen LogP contribution < -0.4 is 15.4 Å². The first-order valence-electron chi connectivity index (χ1n) is 15.2. The molecule has 2 aromatic heterocycles. The number of carbonyl (C=O) groups excluding carboxylic acids is 4. The van der Waals surface area contributed by atoms with E-state index in [-0.39, 0.29) is 29.9 Å². The topological polar surface area (TPSA) is 136 Å². The van der Waals surface area contributed by atoms with Crippen molar-refractivity contribution in [1.82, 2.24) is 25.0 Å². The minimum absolute atomic E-state index is 0.0970. The van der Waals surface area contributed by atoms with Gasteiger partial charge in [0.25, 0.3) is 11.8 Å². The molecule has 1 saturated heterocycles. The summed E-state index contributed by atoms with van der Waals surface area (Å²) in [6, 6.07) is 8.40. The van der Waals surface area contributed by atoms with Gasteiger partial charge in [0.2, 0.25) is 11.8 Å². The first-order valence-corrected chi connectivity index (χ1v) is 15.2.